The van der Waals surface area contributed by atoms with Crippen LogP contribution in [0.15, 0.2) is 67.3 Å². The fraction of sp³-hybridized carbons (Fsp3) is 0.263. The van der Waals surface area contributed by atoms with Crippen molar-refractivity contribution < 1.29 is 9.84 Å². The van der Waals surface area contributed by atoms with Crippen molar-refractivity contribution in [2.24, 2.45) is 0 Å². The van der Waals surface area contributed by atoms with Crippen molar-refractivity contribution in [2.75, 3.05) is 6.61 Å². The Morgan fingerprint density at radius 2 is 1.82 bits per heavy atom. The van der Waals surface area contributed by atoms with Gasteiger partial charge in [-0.05, 0) is 30.2 Å². The summed E-state index contributed by atoms with van der Waals surface area (Å²) in [6.45, 7) is 6.82. The van der Waals surface area contributed by atoms with Gasteiger partial charge in [0.1, 0.15) is 12.4 Å². The predicted octanol–water partition coefficient (Wildman–Crippen LogP) is 3.46. The first-order chi connectivity index (χ1) is 10.7. The van der Waals surface area contributed by atoms with E-state index in [-0.39, 0.29) is 6.04 Å². The molecule has 0 fully saturated rings. The Kier molecular flexibility index (Phi) is 6.19. The van der Waals surface area contributed by atoms with E-state index in [0.29, 0.717) is 13.2 Å². The zero-order valence-corrected chi connectivity index (χ0v) is 12.9. The van der Waals surface area contributed by atoms with Gasteiger partial charge in [0.15, 0.2) is 0 Å². The Hall–Kier alpha value is -2.10. The summed E-state index contributed by atoms with van der Waals surface area (Å²) in [6, 6.07) is 17.6. The number of aliphatic hydroxyl groups excluding tert-OH is 1. The smallest absolute Gasteiger partial charge is 0.119 e. The molecule has 0 saturated heterocycles. The van der Waals surface area contributed by atoms with Crippen LogP contribution in [0.5, 0.6) is 5.75 Å². The number of ether oxygens (including phenoxy) is 1. The van der Waals surface area contributed by atoms with Crippen LogP contribution in [0.2, 0.25) is 0 Å². The Morgan fingerprint density at radius 3 is 2.45 bits per heavy atom. The molecule has 22 heavy (non-hydrogen) atoms. The van der Waals surface area contributed by atoms with Crippen LogP contribution in [0.4, 0.5) is 0 Å². The van der Waals surface area contributed by atoms with E-state index in [2.05, 4.69) is 11.9 Å². The number of hydrogen-bond donors (Lipinski definition) is 2. The molecule has 0 spiro atoms. The lowest BCUT2D eigenvalue weighted by atomic mass is 10.0. The highest BCUT2D eigenvalue weighted by Gasteiger charge is 2.15. The SMILES string of the molecule is C=CCOc1ccc(CNC(C)C(O)c2ccccc2)cc1. The number of aliphatic hydroxyl groups is 1. The van der Waals surface area contributed by atoms with Gasteiger partial charge in [0.05, 0.1) is 6.10 Å². The summed E-state index contributed by atoms with van der Waals surface area (Å²) in [7, 11) is 0. The molecule has 0 aliphatic rings. The zero-order valence-electron chi connectivity index (χ0n) is 12.9. The molecule has 0 heterocycles. The van der Waals surface area contributed by atoms with Crippen LogP contribution >= 0.6 is 0 Å². The maximum Gasteiger partial charge on any atom is 0.119 e. The Morgan fingerprint density at radius 1 is 1.14 bits per heavy atom. The van der Waals surface area contributed by atoms with E-state index < -0.39 is 6.10 Å². The van der Waals surface area contributed by atoms with Gasteiger partial charge in [0, 0.05) is 12.6 Å². The van der Waals surface area contributed by atoms with E-state index in [1.807, 2.05) is 61.5 Å². The third-order valence-electron chi connectivity index (χ3n) is 3.53. The molecule has 116 valence electrons. The summed E-state index contributed by atoms with van der Waals surface area (Å²) in [4.78, 5) is 0. The third kappa shape index (κ3) is 4.72. The molecule has 0 saturated carbocycles. The highest BCUT2D eigenvalue weighted by Crippen LogP contribution is 2.17. The van der Waals surface area contributed by atoms with Crippen molar-refractivity contribution >= 4 is 0 Å². The lowest BCUT2D eigenvalue weighted by Crippen LogP contribution is -2.31. The predicted molar refractivity (Wildman–Crippen MR) is 89.8 cm³/mol. The molecule has 2 rings (SSSR count). The van der Waals surface area contributed by atoms with Gasteiger partial charge in [-0.15, -0.1) is 0 Å². The van der Waals surface area contributed by atoms with Crippen LogP contribution in [-0.4, -0.2) is 17.8 Å². The van der Waals surface area contributed by atoms with Gasteiger partial charge in [0.2, 0.25) is 0 Å². The molecule has 2 atom stereocenters. The van der Waals surface area contributed by atoms with Gasteiger partial charge in [-0.25, -0.2) is 0 Å². The average Bonchev–Trinajstić information content (AvgIpc) is 2.58. The third-order valence-corrected chi connectivity index (χ3v) is 3.53. The summed E-state index contributed by atoms with van der Waals surface area (Å²) in [6.07, 6.45) is 1.21. The minimum absolute atomic E-state index is 0.0286. The lowest BCUT2D eigenvalue weighted by molar-refractivity contribution is 0.135. The van der Waals surface area contributed by atoms with Crippen LogP contribution in [0.25, 0.3) is 0 Å². The summed E-state index contributed by atoms with van der Waals surface area (Å²) >= 11 is 0. The molecule has 0 radical (unpaired) electrons. The standard InChI is InChI=1S/C19H23NO2/c1-3-13-22-18-11-9-16(10-12-18)14-20-15(2)19(21)17-7-5-4-6-8-17/h3-12,15,19-21H,1,13-14H2,2H3. The highest BCUT2D eigenvalue weighted by molar-refractivity contribution is 5.27. The van der Waals surface area contributed by atoms with Gasteiger partial charge >= 0.3 is 0 Å². The summed E-state index contributed by atoms with van der Waals surface area (Å²) < 4.78 is 5.45. The minimum atomic E-state index is -0.517. The summed E-state index contributed by atoms with van der Waals surface area (Å²) in [5, 5.41) is 13.7. The largest absolute Gasteiger partial charge is 0.490 e. The van der Waals surface area contributed by atoms with E-state index in [0.717, 1.165) is 16.9 Å². The molecule has 2 aromatic rings. The average molecular weight is 297 g/mol. The minimum Gasteiger partial charge on any atom is -0.490 e. The number of benzene rings is 2. The van der Waals surface area contributed by atoms with Crippen LogP contribution in [0, 0.1) is 0 Å². The second-order valence-electron chi connectivity index (χ2n) is 5.27. The molecule has 0 bridgehead atoms. The second-order valence-corrected chi connectivity index (χ2v) is 5.27. The van der Waals surface area contributed by atoms with Gasteiger partial charge in [-0.1, -0.05) is 55.1 Å². The molecule has 3 heteroatoms. The molecular formula is C19H23NO2. The monoisotopic (exact) mass is 297 g/mol. The molecular weight excluding hydrogens is 274 g/mol. The van der Waals surface area contributed by atoms with Crippen molar-refractivity contribution in [1.29, 1.82) is 0 Å². The van der Waals surface area contributed by atoms with Crippen LogP contribution in [0.3, 0.4) is 0 Å². The van der Waals surface area contributed by atoms with Crippen LogP contribution in [0.1, 0.15) is 24.2 Å². The maximum atomic E-state index is 10.3. The first-order valence-corrected chi connectivity index (χ1v) is 7.49. The molecule has 0 amide bonds. The topological polar surface area (TPSA) is 41.5 Å². The molecule has 0 aliphatic heterocycles. The highest BCUT2D eigenvalue weighted by atomic mass is 16.5. The van der Waals surface area contributed by atoms with E-state index in [1.54, 1.807) is 6.08 Å². The quantitative estimate of drug-likeness (QED) is 0.733. The number of nitrogens with one attached hydrogen (secondary N) is 1. The Labute approximate surface area is 132 Å². The lowest BCUT2D eigenvalue weighted by Gasteiger charge is -2.20. The summed E-state index contributed by atoms with van der Waals surface area (Å²) in [5.41, 5.74) is 2.08. The van der Waals surface area contributed by atoms with E-state index in [1.165, 1.54) is 0 Å². The summed E-state index contributed by atoms with van der Waals surface area (Å²) in [5.74, 6) is 0.834. The fourth-order valence-corrected chi connectivity index (χ4v) is 2.19. The van der Waals surface area contributed by atoms with Crippen molar-refractivity contribution in [3.8, 4) is 5.75 Å². The zero-order chi connectivity index (χ0) is 15.8. The van der Waals surface area contributed by atoms with Crippen molar-refractivity contribution in [2.45, 2.75) is 25.6 Å². The Balaban J connectivity index is 1.85. The van der Waals surface area contributed by atoms with Gasteiger partial charge in [0.25, 0.3) is 0 Å². The Bertz CT molecular complexity index is 566. The first kappa shape index (κ1) is 16.3. The number of hydrogen-bond acceptors (Lipinski definition) is 3. The maximum absolute atomic E-state index is 10.3. The van der Waals surface area contributed by atoms with Gasteiger partial charge < -0.3 is 15.2 Å². The molecule has 0 aromatic heterocycles. The first-order valence-electron chi connectivity index (χ1n) is 7.49. The fourth-order valence-electron chi connectivity index (χ4n) is 2.19. The van der Waals surface area contributed by atoms with Crippen molar-refractivity contribution in [1.82, 2.24) is 5.32 Å². The van der Waals surface area contributed by atoms with Crippen LogP contribution in [-0.2, 0) is 6.54 Å². The molecule has 2 unspecified atom stereocenters. The normalized spacial score (nSPS) is 13.4. The van der Waals surface area contributed by atoms with Crippen LogP contribution < -0.4 is 10.1 Å². The molecule has 0 aliphatic carbocycles. The number of rotatable bonds is 8. The van der Waals surface area contributed by atoms with E-state index >= 15 is 0 Å². The van der Waals surface area contributed by atoms with E-state index in [4.69, 9.17) is 4.74 Å². The van der Waals surface area contributed by atoms with Gasteiger partial charge in [-0.2, -0.15) is 0 Å². The van der Waals surface area contributed by atoms with Gasteiger partial charge in [-0.3, -0.25) is 0 Å². The van der Waals surface area contributed by atoms with E-state index in [9.17, 15) is 5.11 Å². The molecule has 3 nitrogen and oxygen atoms in total. The molecule has 2 aromatic carbocycles. The molecule has 2 N–H and O–H groups in total. The second kappa shape index (κ2) is 8.37. The van der Waals surface area contributed by atoms with Crippen molar-refractivity contribution in [3.63, 3.8) is 0 Å². The van der Waals surface area contributed by atoms with Crippen molar-refractivity contribution in [3.05, 3.63) is 78.4 Å².